The Morgan fingerprint density at radius 2 is 1.84 bits per heavy atom. The van der Waals surface area contributed by atoms with Crippen LogP contribution in [0.15, 0.2) is 18.2 Å². The molecule has 0 amide bonds. The van der Waals surface area contributed by atoms with Crippen molar-refractivity contribution in [3.05, 3.63) is 34.9 Å². The minimum atomic E-state index is -0.404. The molecule has 1 rings (SSSR count). The average molecular weight is 319 g/mol. The van der Waals surface area contributed by atoms with Crippen LogP contribution >= 0.6 is 15.9 Å². The minimum absolute atomic E-state index is 0.121. The summed E-state index contributed by atoms with van der Waals surface area (Å²) in [4.78, 5) is 11.8. The van der Waals surface area contributed by atoms with Gasteiger partial charge in [0, 0.05) is 5.41 Å². The summed E-state index contributed by atoms with van der Waals surface area (Å²) in [6.07, 6.45) is 0.510. The van der Waals surface area contributed by atoms with Crippen LogP contribution in [0.1, 0.15) is 37.5 Å². The van der Waals surface area contributed by atoms with Gasteiger partial charge in [-0.1, -0.05) is 42.8 Å². The van der Waals surface area contributed by atoms with Crippen molar-refractivity contribution in [3.8, 4) is 12.1 Å². The zero-order valence-corrected chi connectivity index (χ0v) is 12.8. The predicted octanol–water partition coefficient (Wildman–Crippen LogP) is 3.35. The van der Waals surface area contributed by atoms with Crippen LogP contribution in [-0.2, 0) is 11.2 Å². The molecule has 0 aliphatic carbocycles. The summed E-state index contributed by atoms with van der Waals surface area (Å²) in [6.45, 7) is 5.63. The second-order valence-corrected chi connectivity index (χ2v) is 6.49. The van der Waals surface area contributed by atoms with E-state index in [4.69, 9.17) is 10.5 Å². The molecule has 0 aliphatic heterocycles. The van der Waals surface area contributed by atoms with Gasteiger partial charge in [0.05, 0.1) is 16.0 Å². The fourth-order valence-corrected chi connectivity index (χ4v) is 2.74. The van der Waals surface area contributed by atoms with Crippen LogP contribution in [0.3, 0.4) is 0 Å². The second-order valence-electron chi connectivity index (χ2n) is 5.39. The number of nitriles is 2. The molecule has 0 aliphatic rings. The first kappa shape index (κ1) is 15.4. The topological polar surface area (TPSA) is 64.7 Å². The zero-order valence-electron chi connectivity index (χ0n) is 11.2. The third kappa shape index (κ3) is 3.91. The fourth-order valence-electron chi connectivity index (χ4n) is 1.68. The minimum Gasteiger partial charge on any atom is -0.298 e. The van der Waals surface area contributed by atoms with Crippen LogP contribution in [0, 0.1) is 28.1 Å². The zero-order chi connectivity index (χ0) is 14.6. The van der Waals surface area contributed by atoms with Crippen molar-refractivity contribution < 1.29 is 4.79 Å². The molecule has 1 aromatic rings. The van der Waals surface area contributed by atoms with E-state index < -0.39 is 5.41 Å². The van der Waals surface area contributed by atoms with E-state index in [0.717, 1.165) is 5.56 Å². The van der Waals surface area contributed by atoms with Crippen molar-refractivity contribution in [2.45, 2.75) is 32.0 Å². The quantitative estimate of drug-likeness (QED) is 0.803. The Labute approximate surface area is 122 Å². The van der Waals surface area contributed by atoms with Gasteiger partial charge < -0.3 is 0 Å². The molecule has 0 N–H and O–H groups in total. The van der Waals surface area contributed by atoms with Gasteiger partial charge in [-0.3, -0.25) is 4.79 Å². The summed E-state index contributed by atoms with van der Waals surface area (Å²) in [7, 11) is 0. The molecule has 1 unspecified atom stereocenters. The van der Waals surface area contributed by atoms with E-state index in [0.29, 0.717) is 17.5 Å². The summed E-state index contributed by atoms with van der Waals surface area (Å²) < 4.78 is 0. The number of hydrogen-bond donors (Lipinski definition) is 0. The lowest BCUT2D eigenvalue weighted by atomic mass is 9.87. The highest BCUT2D eigenvalue weighted by molar-refractivity contribution is 9.10. The molecular formula is C15H15BrN2O. The third-order valence-corrected chi connectivity index (χ3v) is 3.50. The van der Waals surface area contributed by atoms with E-state index in [1.165, 1.54) is 0 Å². The Balaban J connectivity index is 2.94. The maximum atomic E-state index is 12.1. The summed E-state index contributed by atoms with van der Waals surface area (Å²) in [6, 6.07) is 9.04. The van der Waals surface area contributed by atoms with Crippen molar-refractivity contribution in [2.75, 3.05) is 0 Å². The first-order chi connectivity index (χ1) is 8.79. The van der Waals surface area contributed by atoms with Gasteiger partial charge in [-0.15, -0.1) is 0 Å². The van der Waals surface area contributed by atoms with Crippen LogP contribution < -0.4 is 0 Å². The van der Waals surface area contributed by atoms with Crippen molar-refractivity contribution >= 4 is 21.7 Å². The number of carbonyl (C=O) groups excluding carboxylic acids is 1. The molecule has 0 radical (unpaired) electrons. The summed E-state index contributed by atoms with van der Waals surface area (Å²) >= 11 is 3.40. The molecule has 1 aromatic carbocycles. The standard InChI is InChI=1S/C15H15BrN2O/c1-15(2,3)14(19)13(16)7-10-4-5-11(8-17)12(6-10)9-18/h4-6,13H,7H2,1-3H3. The number of carbonyl (C=O) groups is 1. The van der Waals surface area contributed by atoms with Crippen molar-refractivity contribution in [2.24, 2.45) is 5.41 Å². The molecule has 3 nitrogen and oxygen atoms in total. The lowest BCUT2D eigenvalue weighted by Crippen LogP contribution is -2.30. The lowest BCUT2D eigenvalue weighted by molar-refractivity contribution is -0.125. The maximum Gasteiger partial charge on any atom is 0.152 e. The maximum absolute atomic E-state index is 12.1. The molecule has 0 heterocycles. The molecule has 0 saturated carbocycles. The van der Waals surface area contributed by atoms with Gasteiger partial charge in [0.15, 0.2) is 5.78 Å². The van der Waals surface area contributed by atoms with Gasteiger partial charge >= 0.3 is 0 Å². The van der Waals surface area contributed by atoms with Crippen LogP contribution in [0.5, 0.6) is 0 Å². The molecule has 0 saturated heterocycles. The molecule has 19 heavy (non-hydrogen) atoms. The lowest BCUT2D eigenvalue weighted by Gasteiger charge is -2.20. The molecule has 4 heteroatoms. The van der Waals surface area contributed by atoms with E-state index in [-0.39, 0.29) is 10.6 Å². The number of alkyl halides is 1. The normalized spacial score (nSPS) is 12.3. The Kier molecular flexibility index (Phi) is 4.86. The summed E-state index contributed by atoms with van der Waals surface area (Å²) in [5.41, 5.74) is 1.18. The van der Waals surface area contributed by atoms with Crippen LogP contribution in [-0.4, -0.2) is 10.6 Å². The number of nitrogens with zero attached hydrogens (tertiary/aromatic N) is 2. The number of ketones is 1. The van der Waals surface area contributed by atoms with Gasteiger partial charge in [-0.05, 0) is 24.1 Å². The first-order valence-electron chi connectivity index (χ1n) is 5.91. The SMILES string of the molecule is CC(C)(C)C(=O)C(Br)Cc1ccc(C#N)c(C#N)c1. The monoisotopic (exact) mass is 318 g/mol. The average Bonchev–Trinajstić information content (AvgIpc) is 2.36. The van der Waals surface area contributed by atoms with Crippen LogP contribution in [0.4, 0.5) is 0 Å². The number of benzene rings is 1. The number of rotatable bonds is 3. The van der Waals surface area contributed by atoms with Crippen molar-refractivity contribution in [1.82, 2.24) is 0 Å². The highest BCUT2D eigenvalue weighted by Gasteiger charge is 2.27. The second kappa shape index (κ2) is 5.99. The predicted molar refractivity (Wildman–Crippen MR) is 76.8 cm³/mol. The Hall–Kier alpha value is -1.65. The molecule has 1 atom stereocenters. The van der Waals surface area contributed by atoms with Gasteiger partial charge in [-0.2, -0.15) is 10.5 Å². The van der Waals surface area contributed by atoms with E-state index >= 15 is 0 Å². The Bertz CT molecular complexity index is 573. The van der Waals surface area contributed by atoms with Gasteiger partial charge in [0.25, 0.3) is 0 Å². The summed E-state index contributed by atoms with van der Waals surface area (Å²) in [5, 5.41) is 17.8. The third-order valence-electron chi connectivity index (χ3n) is 2.76. The Morgan fingerprint density at radius 1 is 1.26 bits per heavy atom. The van der Waals surface area contributed by atoms with Crippen molar-refractivity contribution in [1.29, 1.82) is 10.5 Å². The van der Waals surface area contributed by atoms with Crippen LogP contribution in [0.2, 0.25) is 0 Å². The number of halogens is 1. The number of Topliss-reactive ketones (excluding diaryl/α,β-unsaturated/α-hetero) is 1. The van der Waals surface area contributed by atoms with E-state index in [2.05, 4.69) is 15.9 Å². The molecule has 0 bridgehead atoms. The van der Waals surface area contributed by atoms with Crippen molar-refractivity contribution in [3.63, 3.8) is 0 Å². The van der Waals surface area contributed by atoms with E-state index in [9.17, 15) is 4.79 Å². The Morgan fingerprint density at radius 3 is 2.32 bits per heavy atom. The summed E-state index contributed by atoms with van der Waals surface area (Å²) in [5.74, 6) is 0.121. The smallest absolute Gasteiger partial charge is 0.152 e. The molecule has 98 valence electrons. The largest absolute Gasteiger partial charge is 0.298 e. The highest BCUT2D eigenvalue weighted by atomic mass is 79.9. The molecule has 0 fully saturated rings. The molecule has 0 aromatic heterocycles. The first-order valence-corrected chi connectivity index (χ1v) is 6.82. The molecule has 0 spiro atoms. The van der Waals surface area contributed by atoms with Crippen LogP contribution in [0.25, 0.3) is 0 Å². The van der Waals surface area contributed by atoms with Gasteiger partial charge in [0.2, 0.25) is 0 Å². The molecular weight excluding hydrogens is 304 g/mol. The van der Waals surface area contributed by atoms with Gasteiger partial charge in [-0.25, -0.2) is 0 Å². The highest BCUT2D eigenvalue weighted by Crippen LogP contribution is 2.24. The van der Waals surface area contributed by atoms with E-state index in [1.54, 1.807) is 18.2 Å². The van der Waals surface area contributed by atoms with E-state index in [1.807, 2.05) is 32.9 Å². The fraction of sp³-hybridized carbons (Fsp3) is 0.400. The van der Waals surface area contributed by atoms with Gasteiger partial charge in [0.1, 0.15) is 12.1 Å². The number of hydrogen-bond acceptors (Lipinski definition) is 3.